The van der Waals surface area contributed by atoms with Crippen molar-refractivity contribution >= 4 is 23.1 Å². The Morgan fingerprint density at radius 3 is 2.30 bits per heavy atom. The Kier molecular flexibility index (Phi) is 5.15. The second kappa shape index (κ2) is 7.78. The standard InChI is InChI=1S/C22H23N3O5/c1-14-10-15(2)12-23(11-14)20-19(16-5-7-17(8-6-16)25(28)29)21(26)24(22(20)27)13-18-4-3-9-30-18/h3-9,14-15H,10-13H2,1-2H3. The number of amides is 2. The Morgan fingerprint density at radius 1 is 1.07 bits per heavy atom. The van der Waals surface area contributed by atoms with Crippen molar-refractivity contribution in [2.24, 2.45) is 11.8 Å². The molecule has 1 fully saturated rings. The van der Waals surface area contributed by atoms with E-state index in [9.17, 15) is 19.7 Å². The average molecular weight is 409 g/mol. The van der Waals surface area contributed by atoms with Crippen LogP contribution >= 0.6 is 0 Å². The zero-order valence-corrected chi connectivity index (χ0v) is 16.9. The van der Waals surface area contributed by atoms with E-state index >= 15 is 0 Å². The van der Waals surface area contributed by atoms with Crippen LogP contribution in [0.2, 0.25) is 0 Å². The number of imide groups is 1. The predicted molar refractivity (Wildman–Crippen MR) is 109 cm³/mol. The second-order valence-electron chi connectivity index (χ2n) is 8.15. The summed E-state index contributed by atoms with van der Waals surface area (Å²) in [5.41, 5.74) is 1.11. The van der Waals surface area contributed by atoms with Crippen molar-refractivity contribution < 1.29 is 18.9 Å². The van der Waals surface area contributed by atoms with E-state index in [-0.39, 0.29) is 18.1 Å². The second-order valence-corrected chi connectivity index (χ2v) is 8.15. The van der Waals surface area contributed by atoms with Gasteiger partial charge < -0.3 is 9.32 Å². The van der Waals surface area contributed by atoms with Gasteiger partial charge in [-0.1, -0.05) is 13.8 Å². The molecule has 1 aromatic carbocycles. The van der Waals surface area contributed by atoms with Crippen molar-refractivity contribution in [3.05, 3.63) is 69.8 Å². The lowest BCUT2D eigenvalue weighted by atomic mass is 9.91. The summed E-state index contributed by atoms with van der Waals surface area (Å²) >= 11 is 0. The number of nitro groups is 1. The molecule has 2 amide bonds. The molecule has 156 valence electrons. The molecule has 0 radical (unpaired) electrons. The van der Waals surface area contributed by atoms with Gasteiger partial charge >= 0.3 is 0 Å². The van der Waals surface area contributed by atoms with Crippen molar-refractivity contribution in [2.75, 3.05) is 13.1 Å². The molecule has 0 saturated carbocycles. The highest BCUT2D eigenvalue weighted by atomic mass is 16.6. The summed E-state index contributed by atoms with van der Waals surface area (Å²) < 4.78 is 5.34. The number of piperidine rings is 1. The molecule has 0 N–H and O–H groups in total. The van der Waals surface area contributed by atoms with Crippen molar-refractivity contribution in [1.82, 2.24) is 9.80 Å². The third-order valence-corrected chi connectivity index (χ3v) is 5.59. The topological polar surface area (TPSA) is 96.9 Å². The average Bonchev–Trinajstić information content (AvgIpc) is 3.29. The van der Waals surface area contributed by atoms with Crippen LogP contribution in [0.15, 0.2) is 52.8 Å². The van der Waals surface area contributed by atoms with E-state index in [0.717, 1.165) is 6.42 Å². The number of non-ortho nitro benzene ring substituents is 1. The molecular weight excluding hydrogens is 386 g/mol. The summed E-state index contributed by atoms with van der Waals surface area (Å²) in [4.78, 5) is 40.4. The molecule has 2 unspecified atom stereocenters. The van der Waals surface area contributed by atoms with Crippen molar-refractivity contribution in [3.8, 4) is 0 Å². The Bertz CT molecular complexity index is 1000. The molecule has 3 heterocycles. The fourth-order valence-electron chi connectivity index (χ4n) is 4.41. The van der Waals surface area contributed by atoms with Gasteiger partial charge in [0.25, 0.3) is 17.5 Å². The Labute approximate surface area is 173 Å². The number of furan rings is 1. The molecule has 2 aliphatic rings. The lowest BCUT2D eigenvalue weighted by Crippen LogP contribution is -2.41. The Balaban J connectivity index is 1.76. The Hall–Kier alpha value is -3.42. The largest absolute Gasteiger partial charge is 0.467 e. The van der Waals surface area contributed by atoms with E-state index in [1.165, 1.54) is 35.4 Å². The molecule has 2 aromatic rings. The lowest BCUT2D eigenvalue weighted by Gasteiger charge is -2.37. The van der Waals surface area contributed by atoms with Gasteiger partial charge in [-0.05, 0) is 48.1 Å². The molecule has 8 nitrogen and oxygen atoms in total. The maximum Gasteiger partial charge on any atom is 0.278 e. The SMILES string of the molecule is CC1CC(C)CN(C2=C(c3ccc([N+](=O)[O-])cc3)C(=O)N(Cc3ccco3)C2=O)C1. The molecule has 8 heteroatoms. The first-order valence-corrected chi connectivity index (χ1v) is 9.97. The maximum absolute atomic E-state index is 13.4. The van der Waals surface area contributed by atoms with Crippen LogP contribution in [0.25, 0.3) is 5.57 Å². The van der Waals surface area contributed by atoms with Gasteiger partial charge in [-0.3, -0.25) is 24.6 Å². The molecule has 30 heavy (non-hydrogen) atoms. The predicted octanol–water partition coefficient (Wildman–Crippen LogP) is 3.45. The van der Waals surface area contributed by atoms with E-state index in [1.54, 1.807) is 12.1 Å². The molecule has 0 spiro atoms. The van der Waals surface area contributed by atoms with E-state index in [2.05, 4.69) is 13.8 Å². The molecule has 1 saturated heterocycles. The molecule has 2 aliphatic heterocycles. The van der Waals surface area contributed by atoms with E-state index in [4.69, 9.17) is 4.42 Å². The Morgan fingerprint density at radius 2 is 1.73 bits per heavy atom. The molecule has 4 rings (SSSR count). The van der Waals surface area contributed by atoms with Crippen LogP contribution in [0.5, 0.6) is 0 Å². The molecule has 0 bridgehead atoms. The summed E-state index contributed by atoms with van der Waals surface area (Å²) in [6.45, 7) is 5.68. The van der Waals surface area contributed by atoms with Crippen molar-refractivity contribution in [2.45, 2.75) is 26.8 Å². The van der Waals surface area contributed by atoms with E-state index in [0.29, 0.717) is 47.5 Å². The highest BCUT2D eigenvalue weighted by Gasteiger charge is 2.43. The third kappa shape index (κ3) is 3.60. The quantitative estimate of drug-likeness (QED) is 0.426. The number of benzene rings is 1. The minimum atomic E-state index is -0.488. The number of carbonyl (C=O) groups is 2. The van der Waals surface area contributed by atoms with Gasteiger partial charge in [0.2, 0.25) is 0 Å². The van der Waals surface area contributed by atoms with Crippen LogP contribution in [0, 0.1) is 22.0 Å². The highest BCUT2D eigenvalue weighted by molar-refractivity contribution is 6.35. The first kappa shape index (κ1) is 19.9. The zero-order chi connectivity index (χ0) is 21.4. The summed E-state index contributed by atoms with van der Waals surface area (Å²) in [5.74, 6) is 0.529. The normalized spacial score (nSPS) is 22.2. The van der Waals surface area contributed by atoms with Gasteiger partial charge in [0.05, 0.1) is 23.3 Å². The number of likely N-dealkylation sites (tertiary alicyclic amines) is 1. The van der Waals surface area contributed by atoms with Gasteiger partial charge in [-0.15, -0.1) is 0 Å². The monoisotopic (exact) mass is 409 g/mol. The zero-order valence-electron chi connectivity index (χ0n) is 16.9. The van der Waals surface area contributed by atoms with Gasteiger partial charge in [-0.25, -0.2) is 0 Å². The molecule has 2 atom stereocenters. The number of hydrogen-bond donors (Lipinski definition) is 0. The van der Waals surface area contributed by atoms with Crippen LogP contribution in [0.4, 0.5) is 5.69 Å². The van der Waals surface area contributed by atoms with Crippen LogP contribution in [-0.2, 0) is 16.1 Å². The molecule has 1 aromatic heterocycles. The number of rotatable bonds is 5. The highest BCUT2D eigenvalue weighted by Crippen LogP contribution is 2.36. The maximum atomic E-state index is 13.4. The number of nitro benzene ring substituents is 1. The van der Waals surface area contributed by atoms with Crippen molar-refractivity contribution in [3.63, 3.8) is 0 Å². The van der Waals surface area contributed by atoms with Gasteiger partial charge in [0, 0.05) is 25.2 Å². The minimum absolute atomic E-state index is 0.0452. The summed E-state index contributed by atoms with van der Waals surface area (Å²) in [6, 6.07) is 9.20. The summed E-state index contributed by atoms with van der Waals surface area (Å²) in [6.07, 6.45) is 2.56. The van der Waals surface area contributed by atoms with Crippen LogP contribution in [-0.4, -0.2) is 39.6 Å². The fourth-order valence-corrected chi connectivity index (χ4v) is 4.41. The van der Waals surface area contributed by atoms with Crippen LogP contribution in [0.3, 0.4) is 0 Å². The van der Waals surface area contributed by atoms with Gasteiger partial charge in [0.15, 0.2) is 0 Å². The molecule has 0 aliphatic carbocycles. The molecular formula is C22H23N3O5. The van der Waals surface area contributed by atoms with Crippen molar-refractivity contribution in [1.29, 1.82) is 0 Å². The number of carbonyl (C=O) groups excluding carboxylic acids is 2. The number of nitrogens with zero attached hydrogens (tertiary/aromatic N) is 3. The first-order chi connectivity index (χ1) is 14.3. The fraction of sp³-hybridized carbons (Fsp3) is 0.364. The van der Waals surface area contributed by atoms with Crippen LogP contribution in [0.1, 0.15) is 31.6 Å². The lowest BCUT2D eigenvalue weighted by molar-refractivity contribution is -0.384. The van der Waals surface area contributed by atoms with E-state index in [1.807, 2.05) is 4.90 Å². The van der Waals surface area contributed by atoms with Crippen LogP contribution < -0.4 is 0 Å². The third-order valence-electron chi connectivity index (χ3n) is 5.59. The van der Waals surface area contributed by atoms with Gasteiger partial charge in [-0.2, -0.15) is 0 Å². The van der Waals surface area contributed by atoms with Gasteiger partial charge in [0.1, 0.15) is 11.5 Å². The smallest absolute Gasteiger partial charge is 0.278 e. The summed E-state index contributed by atoms with van der Waals surface area (Å²) in [7, 11) is 0. The van der Waals surface area contributed by atoms with E-state index < -0.39 is 10.8 Å². The summed E-state index contributed by atoms with van der Waals surface area (Å²) in [5, 5.41) is 11.0. The number of hydrogen-bond acceptors (Lipinski definition) is 6. The first-order valence-electron chi connectivity index (χ1n) is 9.97. The minimum Gasteiger partial charge on any atom is -0.467 e.